The van der Waals surface area contributed by atoms with Crippen molar-refractivity contribution in [1.82, 2.24) is 4.90 Å². The molecule has 1 saturated heterocycles. The van der Waals surface area contributed by atoms with Crippen molar-refractivity contribution in [2.24, 2.45) is 17.2 Å². The molecule has 0 radical (unpaired) electrons. The van der Waals surface area contributed by atoms with Crippen LogP contribution in [0.1, 0.15) is 32.1 Å². The van der Waals surface area contributed by atoms with Gasteiger partial charge in [-0.3, -0.25) is 4.79 Å². The van der Waals surface area contributed by atoms with Gasteiger partial charge in [0.1, 0.15) is 12.2 Å². The maximum absolute atomic E-state index is 12.0. The molecule has 0 aromatic heterocycles. The molecule has 7 N–H and O–H groups in total. The Morgan fingerprint density at radius 2 is 1.86 bits per heavy atom. The molecule has 1 heterocycles. The number of hydrogen-bond acceptors (Lipinski definition) is 6. The highest BCUT2D eigenvalue weighted by atomic mass is 35.5. The first kappa shape index (κ1) is 24.1. The van der Waals surface area contributed by atoms with Gasteiger partial charge in [-0.25, -0.2) is 10.0 Å². The summed E-state index contributed by atoms with van der Waals surface area (Å²) >= 11 is 0. The van der Waals surface area contributed by atoms with E-state index in [1.165, 1.54) is 0 Å². The van der Waals surface area contributed by atoms with E-state index in [0.717, 1.165) is 33.0 Å². The Hall–Kier alpha value is -0.190. The predicted molar refractivity (Wildman–Crippen MR) is 89.4 cm³/mol. The molecule has 0 aromatic rings. The summed E-state index contributed by atoms with van der Waals surface area (Å²) in [6, 6.07) is -0.550. The number of quaternary nitrogens is 1. The monoisotopic (exact) mass is 361 g/mol. The van der Waals surface area contributed by atoms with Gasteiger partial charge in [0.05, 0.1) is 13.1 Å². The molecule has 1 unspecified atom stereocenters. The van der Waals surface area contributed by atoms with Gasteiger partial charge in [0.2, 0.25) is 5.91 Å². The molecule has 8 nitrogen and oxygen atoms in total. The van der Waals surface area contributed by atoms with E-state index in [1.807, 2.05) is 0 Å². The van der Waals surface area contributed by atoms with Crippen LogP contribution in [-0.2, 0) is 4.79 Å². The SMILES string of the molecule is C[N+]([O-])(O)CC(N)(N)CCC[C@H](N)C(=O)N1CCCC1.Cl.Cl. The minimum Gasteiger partial charge on any atom is -0.599 e. The first-order valence-corrected chi connectivity index (χ1v) is 7.02. The summed E-state index contributed by atoms with van der Waals surface area (Å²) in [5.41, 5.74) is 16.1. The summed E-state index contributed by atoms with van der Waals surface area (Å²) in [5, 5.41) is 20.3. The topological polar surface area (TPSA) is 142 Å². The molecule has 0 bridgehead atoms. The highest BCUT2D eigenvalue weighted by Crippen LogP contribution is 2.14. The zero-order valence-corrected chi connectivity index (χ0v) is 14.6. The molecule has 0 spiro atoms. The Kier molecular flexibility index (Phi) is 10.8. The second-order valence-electron chi connectivity index (χ2n) is 5.97. The lowest BCUT2D eigenvalue weighted by molar-refractivity contribution is -1.05. The molecule has 0 aliphatic carbocycles. The summed E-state index contributed by atoms with van der Waals surface area (Å²) in [7, 11) is 1.07. The molecule has 0 aromatic carbocycles. The van der Waals surface area contributed by atoms with Crippen molar-refractivity contribution in [3.05, 3.63) is 5.21 Å². The van der Waals surface area contributed by atoms with Crippen LogP contribution >= 0.6 is 24.8 Å². The average molecular weight is 362 g/mol. The number of likely N-dealkylation sites (N-methyl/N-ethyl adjacent to an activating group) is 1. The van der Waals surface area contributed by atoms with Gasteiger partial charge in [0, 0.05) is 13.1 Å². The fourth-order valence-corrected chi connectivity index (χ4v) is 2.57. The minimum atomic E-state index is -1.52. The van der Waals surface area contributed by atoms with Gasteiger partial charge in [0.25, 0.3) is 0 Å². The third-order valence-electron chi connectivity index (χ3n) is 3.48. The maximum Gasteiger partial charge on any atom is 0.239 e. The summed E-state index contributed by atoms with van der Waals surface area (Å²) in [6.45, 7) is 1.25. The number of carbonyl (C=O) groups excluding carboxylic acids is 1. The number of amides is 1. The van der Waals surface area contributed by atoms with E-state index in [2.05, 4.69) is 0 Å². The van der Waals surface area contributed by atoms with Gasteiger partial charge in [-0.15, -0.1) is 24.8 Å². The lowest BCUT2D eigenvalue weighted by atomic mass is 10.0. The van der Waals surface area contributed by atoms with Crippen LogP contribution < -0.4 is 17.2 Å². The van der Waals surface area contributed by atoms with Gasteiger partial charge in [-0.2, -0.15) is 0 Å². The van der Waals surface area contributed by atoms with Gasteiger partial charge >= 0.3 is 0 Å². The Morgan fingerprint density at radius 3 is 2.32 bits per heavy atom. The quantitative estimate of drug-likeness (QED) is 0.283. The third-order valence-corrected chi connectivity index (χ3v) is 3.48. The third kappa shape index (κ3) is 9.06. The normalized spacial score (nSPS) is 18.9. The predicted octanol–water partition coefficient (Wildman–Crippen LogP) is -0.103. The molecule has 1 rings (SSSR count). The van der Waals surface area contributed by atoms with Crippen LogP contribution in [-0.4, -0.2) is 59.2 Å². The van der Waals surface area contributed by atoms with Crippen molar-refractivity contribution in [2.45, 2.75) is 43.8 Å². The van der Waals surface area contributed by atoms with Crippen molar-refractivity contribution >= 4 is 30.7 Å². The van der Waals surface area contributed by atoms with E-state index in [0.29, 0.717) is 19.3 Å². The van der Waals surface area contributed by atoms with Crippen LogP contribution in [0.15, 0.2) is 0 Å². The number of likely N-dealkylation sites (tertiary alicyclic amines) is 1. The lowest BCUT2D eigenvalue weighted by Crippen LogP contribution is -2.60. The number of nitrogens with two attached hydrogens (primary N) is 3. The fourth-order valence-electron chi connectivity index (χ4n) is 2.57. The second-order valence-corrected chi connectivity index (χ2v) is 5.97. The molecule has 1 amide bonds. The fraction of sp³-hybridized carbons (Fsp3) is 0.917. The second kappa shape index (κ2) is 9.84. The van der Waals surface area contributed by atoms with Gasteiger partial charge in [-0.05, 0) is 32.1 Å². The maximum atomic E-state index is 12.0. The standard InChI is InChI=1S/C12H27N5O3.2ClH/c1-17(19,20)9-12(14,15)6-4-5-10(13)11(18)16-7-2-3-8-16;;/h10,19H,2-9,13-15H2,1H3;2*1H/t10-;;/m0../s1. The highest BCUT2D eigenvalue weighted by Gasteiger charge is 2.28. The Balaban J connectivity index is 0. The van der Waals surface area contributed by atoms with Gasteiger partial charge in [-0.1, -0.05) is 0 Å². The van der Waals surface area contributed by atoms with Crippen LogP contribution in [0.3, 0.4) is 0 Å². The Morgan fingerprint density at radius 1 is 1.36 bits per heavy atom. The molecule has 10 heteroatoms. The van der Waals surface area contributed by atoms with Crippen molar-refractivity contribution in [2.75, 3.05) is 26.7 Å². The Bertz CT molecular complexity index is 333. The number of nitrogens with zero attached hydrogens (tertiary/aromatic N) is 2. The molecule has 1 fully saturated rings. The number of halogens is 2. The molecule has 1 aliphatic rings. The van der Waals surface area contributed by atoms with Crippen LogP contribution in [0.5, 0.6) is 0 Å². The van der Waals surface area contributed by atoms with Gasteiger partial charge in [0.15, 0.2) is 0 Å². The van der Waals surface area contributed by atoms with Crippen molar-refractivity contribution in [1.29, 1.82) is 0 Å². The number of hydrogen-bond donors (Lipinski definition) is 4. The first-order valence-electron chi connectivity index (χ1n) is 7.02. The molecule has 1 aliphatic heterocycles. The average Bonchev–Trinajstić information content (AvgIpc) is 2.77. The van der Waals surface area contributed by atoms with Gasteiger partial charge < -0.3 is 27.3 Å². The minimum absolute atomic E-state index is 0. The van der Waals surface area contributed by atoms with Crippen LogP contribution in [0.25, 0.3) is 0 Å². The molecule has 134 valence electrons. The highest BCUT2D eigenvalue weighted by molar-refractivity contribution is 5.85. The van der Waals surface area contributed by atoms with Crippen molar-refractivity contribution < 1.29 is 14.8 Å². The summed E-state index contributed by atoms with van der Waals surface area (Å²) in [5.74, 6) is -0.0336. The molecular weight excluding hydrogens is 333 g/mol. The Labute approximate surface area is 143 Å². The van der Waals surface area contributed by atoms with E-state index in [1.54, 1.807) is 4.90 Å². The van der Waals surface area contributed by atoms with E-state index >= 15 is 0 Å². The van der Waals surface area contributed by atoms with E-state index in [9.17, 15) is 10.0 Å². The zero-order valence-electron chi connectivity index (χ0n) is 12.9. The zero-order chi connectivity index (χ0) is 15.4. The summed E-state index contributed by atoms with van der Waals surface area (Å²) < 4.78 is 0. The molecule has 0 saturated carbocycles. The lowest BCUT2D eigenvalue weighted by Gasteiger charge is -2.36. The number of hydroxylamine groups is 4. The van der Waals surface area contributed by atoms with E-state index < -0.39 is 16.5 Å². The van der Waals surface area contributed by atoms with E-state index in [4.69, 9.17) is 22.4 Å². The largest absolute Gasteiger partial charge is 0.599 e. The molecule has 22 heavy (non-hydrogen) atoms. The van der Waals surface area contributed by atoms with Crippen molar-refractivity contribution in [3.63, 3.8) is 0 Å². The van der Waals surface area contributed by atoms with Crippen LogP contribution in [0, 0.1) is 5.21 Å². The van der Waals surface area contributed by atoms with E-state index in [-0.39, 0.29) is 37.3 Å². The van der Waals surface area contributed by atoms with Crippen molar-refractivity contribution in [3.8, 4) is 0 Å². The summed E-state index contributed by atoms with van der Waals surface area (Å²) in [6.07, 6.45) is 3.39. The molecular formula is C12H29Cl2N5O3. The van der Waals surface area contributed by atoms with Crippen LogP contribution in [0.4, 0.5) is 0 Å². The van der Waals surface area contributed by atoms with Crippen LogP contribution in [0.2, 0.25) is 0 Å². The summed E-state index contributed by atoms with van der Waals surface area (Å²) in [4.78, 5) is 12.2. The number of rotatable bonds is 7. The smallest absolute Gasteiger partial charge is 0.239 e. The number of carbonyl (C=O) groups is 1. The first-order chi connectivity index (χ1) is 9.11. The molecule has 2 atom stereocenters.